The third-order valence-corrected chi connectivity index (χ3v) is 3.39. The van der Waals surface area contributed by atoms with Crippen LogP contribution in [0.15, 0.2) is 48.5 Å². The second-order valence-corrected chi connectivity index (χ2v) is 4.86. The maximum atomic E-state index is 14.0. The Hall–Kier alpha value is -3.46. The smallest absolute Gasteiger partial charge is 0.222 e. The fourth-order valence-electron chi connectivity index (χ4n) is 2.34. The summed E-state index contributed by atoms with van der Waals surface area (Å²) >= 11 is 0. The van der Waals surface area contributed by atoms with E-state index in [1.54, 1.807) is 42.5 Å². The van der Waals surface area contributed by atoms with Crippen LogP contribution in [0.4, 0.5) is 16.2 Å². The van der Waals surface area contributed by atoms with E-state index >= 15 is 0 Å². The molecule has 5 nitrogen and oxygen atoms in total. The minimum Gasteiger partial charge on any atom is -0.382 e. The van der Waals surface area contributed by atoms with Gasteiger partial charge < -0.3 is 11.5 Å². The molecular weight excluding hydrogens is 293 g/mol. The van der Waals surface area contributed by atoms with Gasteiger partial charge in [-0.25, -0.2) is 9.37 Å². The van der Waals surface area contributed by atoms with Crippen LogP contribution in [0.25, 0.3) is 22.4 Å². The van der Waals surface area contributed by atoms with Gasteiger partial charge in [-0.1, -0.05) is 36.4 Å². The van der Waals surface area contributed by atoms with Crippen molar-refractivity contribution in [1.82, 2.24) is 9.97 Å². The normalized spacial score (nSPS) is 10.3. The zero-order valence-corrected chi connectivity index (χ0v) is 12.0. The lowest BCUT2D eigenvalue weighted by atomic mass is 9.99. The molecule has 0 aliphatic heterocycles. The average Bonchev–Trinajstić information content (AvgIpc) is 2.55. The summed E-state index contributed by atoms with van der Waals surface area (Å²) in [4.78, 5) is 7.89. The first-order valence-electron chi connectivity index (χ1n) is 6.78. The Morgan fingerprint density at radius 3 is 2.43 bits per heavy atom. The number of nitrogens with two attached hydrogens (primary N) is 2. The molecule has 0 bridgehead atoms. The highest BCUT2D eigenvalue weighted by atomic mass is 19.1. The number of halogens is 1. The molecule has 0 radical (unpaired) electrons. The maximum Gasteiger partial charge on any atom is 0.222 e. The zero-order valence-electron chi connectivity index (χ0n) is 12.0. The molecule has 0 saturated heterocycles. The van der Waals surface area contributed by atoms with Gasteiger partial charge in [0, 0.05) is 11.1 Å². The van der Waals surface area contributed by atoms with Crippen molar-refractivity contribution in [3.8, 4) is 28.5 Å². The highest BCUT2D eigenvalue weighted by molar-refractivity contribution is 5.77. The van der Waals surface area contributed by atoms with E-state index in [9.17, 15) is 9.65 Å². The van der Waals surface area contributed by atoms with Crippen molar-refractivity contribution in [3.63, 3.8) is 0 Å². The lowest BCUT2D eigenvalue weighted by molar-refractivity contribution is 0.631. The van der Waals surface area contributed by atoms with Crippen LogP contribution < -0.4 is 11.5 Å². The number of benzene rings is 2. The fourth-order valence-corrected chi connectivity index (χ4v) is 2.34. The van der Waals surface area contributed by atoms with Crippen LogP contribution in [-0.2, 0) is 0 Å². The molecule has 112 valence electrons. The predicted molar refractivity (Wildman–Crippen MR) is 86.4 cm³/mol. The quantitative estimate of drug-likeness (QED) is 0.757. The SMILES string of the molecule is N#Cc1c(N)nc(N)nc1-c1cccc(-c2ccccc2F)c1. The molecule has 0 saturated carbocycles. The van der Waals surface area contributed by atoms with Crippen molar-refractivity contribution in [3.05, 3.63) is 59.9 Å². The van der Waals surface area contributed by atoms with E-state index in [1.165, 1.54) is 6.07 Å². The third kappa shape index (κ3) is 2.68. The van der Waals surface area contributed by atoms with Crippen LogP contribution in [0.3, 0.4) is 0 Å². The number of aromatic nitrogens is 2. The summed E-state index contributed by atoms with van der Waals surface area (Å²) in [6.45, 7) is 0. The molecule has 4 N–H and O–H groups in total. The summed E-state index contributed by atoms with van der Waals surface area (Å²) in [5.74, 6) is -0.328. The molecular formula is C17H12FN5. The van der Waals surface area contributed by atoms with E-state index in [1.807, 2.05) is 6.07 Å². The topological polar surface area (TPSA) is 102 Å². The summed E-state index contributed by atoms with van der Waals surface area (Å²) in [5, 5.41) is 9.27. The van der Waals surface area contributed by atoms with Crippen molar-refractivity contribution in [2.45, 2.75) is 0 Å². The van der Waals surface area contributed by atoms with Crippen molar-refractivity contribution >= 4 is 11.8 Å². The van der Waals surface area contributed by atoms with Gasteiger partial charge >= 0.3 is 0 Å². The number of nitriles is 1. The maximum absolute atomic E-state index is 14.0. The summed E-state index contributed by atoms with van der Waals surface area (Å²) in [7, 11) is 0. The number of nitrogens with zero attached hydrogens (tertiary/aromatic N) is 3. The summed E-state index contributed by atoms with van der Waals surface area (Å²) in [5.41, 5.74) is 13.6. The van der Waals surface area contributed by atoms with Crippen LogP contribution >= 0.6 is 0 Å². The summed E-state index contributed by atoms with van der Waals surface area (Å²) in [6, 6.07) is 15.5. The molecule has 0 aliphatic rings. The molecule has 23 heavy (non-hydrogen) atoms. The largest absolute Gasteiger partial charge is 0.382 e. The van der Waals surface area contributed by atoms with Crippen molar-refractivity contribution < 1.29 is 4.39 Å². The van der Waals surface area contributed by atoms with Crippen LogP contribution in [0.2, 0.25) is 0 Å². The van der Waals surface area contributed by atoms with E-state index in [-0.39, 0.29) is 23.1 Å². The summed E-state index contributed by atoms with van der Waals surface area (Å²) in [6.07, 6.45) is 0. The van der Waals surface area contributed by atoms with Gasteiger partial charge in [-0.05, 0) is 17.7 Å². The van der Waals surface area contributed by atoms with Crippen LogP contribution in [0, 0.1) is 17.1 Å². The molecule has 6 heteroatoms. The highest BCUT2D eigenvalue weighted by Gasteiger charge is 2.14. The van der Waals surface area contributed by atoms with Crippen molar-refractivity contribution in [2.24, 2.45) is 0 Å². The zero-order chi connectivity index (χ0) is 16.4. The van der Waals surface area contributed by atoms with Gasteiger partial charge in [0.25, 0.3) is 0 Å². The van der Waals surface area contributed by atoms with Gasteiger partial charge in [-0.15, -0.1) is 0 Å². The lowest BCUT2D eigenvalue weighted by Gasteiger charge is -2.09. The second kappa shape index (κ2) is 5.73. The number of nitrogen functional groups attached to an aromatic ring is 2. The fraction of sp³-hybridized carbons (Fsp3) is 0. The van der Waals surface area contributed by atoms with Gasteiger partial charge in [-0.2, -0.15) is 10.2 Å². The van der Waals surface area contributed by atoms with Crippen LogP contribution in [0.1, 0.15) is 5.56 Å². The Balaban J connectivity index is 2.19. The van der Waals surface area contributed by atoms with E-state index in [0.29, 0.717) is 22.4 Å². The number of rotatable bonds is 2. The first-order chi connectivity index (χ1) is 11.1. The first-order valence-corrected chi connectivity index (χ1v) is 6.78. The summed E-state index contributed by atoms with van der Waals surface area (Å²) < 4.78 is 14.0. The average molecular weight is 305 g/mol. The van der Waals surface area contributed by atoms with E-state index < -0.39 is 0 Å². The molecule has 0 atom stereocenters. The van der Waals surface area contributed by atoms with Gasteiger partial charge in [0.05, 0.1) is 5.69 Å². The predicted octanol–water partition coefficient (Wildman–Crippen LogP) is 2.99. The molecule has 1 heterocycles. The molecule has 2 aromatic carbocycles. The molecule has 0 unspecified atom stereocenters. The molecule has 0 amide bonds. The number of hydrogen-bond donors (Lipinski definition) is 2. The standard InChI is InChI=1S/C17H12FN5/c18-14-7-2-1-6-12(14)10-4-3-5-11(8-10)15-13(9-19)16(20)23-17(21)22-15/h1-8H,(H4,20,21,22,23). The number of hydrogen-bond acceptors (Lipinski definition) is 5. The van der Waals surface area contributed by atoms with Crippen molar-refractivity contribution in [2.75, 3.05) is 11.5 Å². The van der Waals surface area contributed by atoms with Gasteiger partial charge in [-0.3, -0.25) is 0 Å². The van der Waals surface area contributed by atoms with Gasteiger partial charge in [0.1, 0.15) is 23.3 Å². The highest BCUT2D eigenvalue weighted by Crippen LogP contribution is 2.30. The van der Waals surface area contributed by atoms with Gasteiger partial charge in [0.15, 0.2) is 0 Å². The van der Waals surface area contributed by atoms with Gasteiger partial charge in [0.2, 0.25) is 5.95 Å². The first kappa shape index (κ1) is 14.5. The Morgan fingerprint density at radius 2 is 1.70 bits per heavy atom. The Kier molecular flexibility index (Phi) is 3.61. The molecule has 3 aromatic rings. The van der Waals surface area contributed by atoms with E-state index in [0.717, 1.165) is 0 Å². The molecule has 3 rings (SSSR count). The monoisotopic (exact) mass is 305 g/mol. The molecule has 1 aromatic heterocycles. The van der Waals surface area contributed by atoms with Crippen molar-refractivity contribution in [1.29, 1.82) is 5.26 Å². The minimum absolute atomic E-state index is 0.0197. The third-order valence-electron chi connectivity index (χ3n) is 3.39. The second-order valence-electron chi connectivity index (χ2n) is 4.86. The Morgan fingerprint density at radius 1 is 0.957 bits per heavy atom. The van der Waals surface area contributed by atoms with E-state index in [4.69, 9.17) is 11.5 Å². The lowest BCUT2D eigenvalue weighted by Crippen LogP contribution is -2.05. The Labute approximate surface area is 132 Å². The van der Waals surface area contributed by atoms with Crippen LogP contribution in [0.5, 0.6) is 0 Å². The molecule has 0 aliphatic carbocycles. The van der Waals surface area contributed by atoms with Crippen LogP contribution in [-0.4, -0.2) is 9.97 Å². The van der Waals surface area contributed by atoms with E-state index in [2.05, 4.69) is 9.97 Å². The molecule has 0 fully saturated rings. The number of anilines is 2. The molecule has 0 spiro atoms. The Bertz CT molecular complexity index is 931. The minimum atomic E-state index is -0.327.